The molecule has 24 heavy (non-hydrogen) atoms. The molecule has 3 N–H and O–H groups in total. The molecule has 0 bridgehead atoms. The van der Waals surface area contributed by atoms with Gasteiger partial charge >= 0.3 is 5.97 Å². The van der Waals surface area contributed by atoms with Crippen LogP contribution in [0.2, 0.25) is 10.0 Å². The summed E-state index contributed by atoms with van der Waals surface area (Å²) in [5, 5.41) is 23.9. The van der Waals surface area contributed by atoms with Crippen molar-refractivity contribution in [3.8, 4) is 6.07 Å². The third-order valence-electron chi connectivity index (χ3n) is 2.98. The monoisotopic (exact) mass is 369 g/mol. The average Bonchev–Trinajstić information content (AvgIpc) is 2.49. The molecule has 0 fully saturated rings. The van der Waals surface area contributed by atoms with Gasteiger partial charge in [-0.05, 0) is 30.5 Å². The molecule has 0 aliphatic heterocycles. The first-order valence-electron chi connectivity index (χ1n) is 7.10. The molecule has 0 spiro atoms. The van der Waals surface area contributed by atoms with Crippen LogP contribution in [0.3, 0.4) is 0 Å². The predicted octanol–water partition coefficient (Wildman–Crippen LogP) is 3.43. The number of benzene rings is 1. The number of carbonyl (C=O) groups is 2. The van der Waals surface area contributed by atoms with E-state index in [1.807, 2.05) is 13.8 Å². The van der Waals surface area contributed by atoms with E-state index >= 15 is 0 Å². The second kappa shape index (κ2) is 9.16. The van der Waals surface area contributed by atoms with Gasteiger partial charge in [0.15, 0.2) is 0 Å². The number of hydrogen-bond donors (Lipinski definition) is 3. The number of carbonyl (C=O) groups excluding carboxylic acids is 1. The lowest BCUT2D eigenvalue weighted by molar-refractivity contribution is -0.139. The lowest BCUT2D eigenvalue weighted by Crippen LogP contribution is -2.35. The number of amides is 1. The summed E-state index contributed by atoms with van der Waals surface area (Å²) in [5.74, 6) is -1.64. The minimum absolute atomic E-state index is 0.136. The average molecular weight is 370 g/mol. The molecule has 128 valence electrons. The quantitative estimate of drug-likeness (QED) is 0.504. The van der Waals surface area contributed by atoms with E-state index in [4.69, 9.17) is 33.6 Å². The van der Waals surface area contributed by atoms with Gasteiger partial charge in [-0.2, -0.15) is 5.26 Å². The first kappa shape index (κ1) is 19.8. The SMILES string of the molecule is CC(C)CC(N/C=C(/C#N)C(=O)Nc1cc(Cl)ccc1Cl)C(=O)O. The topological polar surface area (TPSA) is 102 Å². The molecule has 8 heteroatoms. The van der Waals surface area contributed by atoms with E-state index in [1.165, 1.54) is 12.1 Å². The third kappa shape index (κ3) is 6.11. The van der Waals surface area contributed by atoms with Gasteiger partial charge in [0.1, 0.15) is 17.7 Å². The summed E-state index contributed by atoms with van der Waals surface area (Å²) in [6, 6.07) is 5.35. The zero-order chi connectivity index (χ0) is 18.3. The molecule has 1 amide bonds. The number of nitrogens with one attached hydrogen (secondary N) is 2. The molecular weight excluding hydrogens is 353 g/mol. The van der Waals surface area contributed by atoms with Crippen LogP contribution in [0, 0.1) is 17.2 Å². The number of nitrogens with zero attached hydrogens (tertiary/aromatic N) is 1. The van der Waals surface area contributed by atoms with Crippen molar-refractivity contribution in [1.82, 2.24) is 5.32 Å². The van der Waals surface area contributed by atoms with Crippen LogP contribution in [-0.2, 0) is 9.59 Å². The molecule has 0 aliphatic carbocycles. The normalized spacial score (nSPS) is 12.4. The highest BCUT2D eigenvalue weighted by Gasteiger charge is 2.18. The van der Waals surface area contributed by atoms with Crippen LogP contribution in [0.25, 0.3) is 0 Å². The maximum absolute atomic E-state index is 12.1. The van der Waals surface area contributed by atoms with Crippen LogP contribution in [-0.4, -0.2) is 23.0 Å². The van der Waals surface area contributed by atoms with Gasteiger partial charge in [0.05, 0.1) is 10.7 Å². The predicted molar refractivity (Wildman–Crippen MR) is 92.8 cm³/mol. The first-order chi connectivity index (χ1) is 11.2. The van der Waals surface area contributed by atoms with Crippen molar-refractivity contribution in [2.75, 3.05) is 5.32 Å². The Morgan fingerprint density at radius 2 is 2.04 bits per heavy atom. The Hall–Kier alpha value is -2.23. The minimum atomic E-state index is -1.06. The molecule has 0 saturated carbocycles. The number of carboxylic acids is 1. The highest BCUT2D eigenvalue weighted by Crippen LogP contribution is 2.25. The number of nitriles is 1. The largest absolute Gasteiger partial charge is 0.480 e. The summed E-state index contributed by atoms with van der Waals surface area (Å²) in [4.78, 5) is 23.3. The summed E-state index contributed by atoms with van der Waals surface area (Å²) in [6.45, 7) is 3.75. The van der Waals surface area contributed by atoms with Crippen molar-refractivity contribution in [3.05, 3.63) is 40.0 Å². The van der Waals surface area contributed by atoms with Gasteiger partial charge in [-0.25, -0.2) is 4.79 Å². The Balaban J connectivity index is 2.87. The van der Waals surface area contributed by atoms with Gasteiger partial charge in [-0.3, -0.25) is 4.79 Å². The Bertz CT molecular complexity index is 696. The number of carboxylic acid groups (broad SMARTS) is 1. The number of hydrogen-bond acceptors (Lipinski definition) is 4. The molecule has 0 heterocycles. The van der Waals surface area contributed by atoms with E-state index < -0.39 is 17.9 Å². The van der Waals surface area contributed by atoms with Crippen LogP contribution in [0.5, 0.6) is 0 Å². The Kier molecular flexibility index (Phi) is 7.56. The van der Waals surface area contributed by atoms with Crippen LogP contribution >= 0.6 is 23.2 Å². The molecule has 0 aromatic heterocycles. The molecule has 1 aromatic rings. The van der Waals surface area contributed by atoms with E-state index in [2.05, 4.69) is 10.6 Å². The molecule has 0 radical (unpaired) electrons. The Morgan fingerprint density at radius 1 is 1.38 bits per heavy atom. The Morgan fingerprint density at radius 3 is 2.58 bits per heavy atom. The van der Waals surface area contributed by atoms with E-state index in [9.17, 15) is 9.59 Å². The number of rotatable bonds is 7. The lowest BCUT2D eigenvalue weighted by atomic mass is 10.0. The van der Waals surface area contributed by atoms with Crippen molar-refractivity contribution >= 4 is 40.8 Å². The Labute approximate surface area is 150 Å². The van der Waals surface area contributed by atoms with Crippen molar-refractivity contribution in [1.29, 1.82) is 5.26 Å². The third-order valence-corrected chi connectivity index (χ3v) is 3.54. The molecular formula is C16H17Cl2N3O3. The van der Waals surface area contributed by atoms with Crippen molar-refractivity contribution in [3.63, 3.8) is 0 Å². The maximum atomic E-state index is 12.1. The van der Waals surface area contributed by atoms with Gasteiger partial charge in [0.25, 0.3) is 5.91 Å². The second-order valence-corrected chi connectivity index (χ2v) is 6.28. The molecule has 1 rings (SSSR count). The zero-order valence-corrected chi connectivity index (χ0v) is 14.6. The highest BCUT2D eigenvalue weighted by atomic mass is 35.5. The maximum Gasteiger partial charge on any atom is 0.326 e. The summed E-state index contributed by atoms with van der Waals surface area (Å²) in [7, 11) is 0. The van der Waals surface area contributed by atoms with Crippen molar-refractivity contribution in [2.24, 2.45) is 5.92 Å². The zero-order valence-electron chi connectivity index (χ0n) is 13.1. The minimum Gasteiger partial charge on any atom is -0.480 e. The van der Waals surface area contributed by atoms with Gasteiger partial charge in [0, 0.05) is 11.2 Å². The van der Waals surface area contributed by atoms with Gasteiger partial charge in [0.2, 0.25) is 0 Å². The van der Waals surface area contributed by atoms with Gasteiger partial charge in [-0.1, -0.05) is 37.0 Å². The molecule has 6 nitrogen and oxygen atoms in total. The summed E-state index contributed by atoms with van der Waals surface area (Å²) >= 11 is 11.8. The van der Waals surface area contributed by atoms with Crippen LogP contribution < -0.4 is 10.6 Å². The number of anilines is 1. The standard InChI is InChI=1S/C16H17Cl2N3O3/c1-9(2)5-14(16(23)24)20-8-10(7-19)15(22)21-13-6-11(17)3-4-12(13)18/h3-4,6,8-9,14,20H,5H2,1-2H3,(H,21,22)(H,23,24)/b10-8-. The van der Waals surface area contributed by atoms with E-state index in [-0.39, 0.29) is 22.2 Å². The summed E-state index contributed by atoms with van der Waals surface area (Å²) in [5.41, 5.74) is -0.0201. The fourth-order valence-electron chi connectivity index (χ4n) is 1.83. The van der Waals surface area contributed by atoms with E-state index in [0.717, 1.165) is 6.20 Å². The van der Waals surface area contributed by atoms with Crippen molar-refractivity contribution < 1.29 is 14.7 Å². The second-order valence-electron chi connectivity index (χ2n) is 5.44. The van der Waals surface area contributed by atoms with Gasteiger partial charge < -0.3 is 15.7 Å². The van der Waals surface area contributed by atoms with Crippen molar-refractivity contribution in [2.45, 2.75) is 26.3 Å². The fraction of sp³-hybridized carbons (Fsp3) is 0.312. The van der Waals surface area contributed by atoms with E-state index in [1.54, 1.807) is 12.1 Å². The van der Waals surface area contributed by atoms with E-state index in [0.29, 0.717) is 11.4 Å². The number of halogens is 2. The molecule has 0 saturated heterocycles. The molecule has 1 atom stereocenters. The summed E-state index contributed by atoms with van der Waals surface area (Å²) in [6.07, 6.45) is 1.45. The molecule has 1 unspecified atom stereocenters. The molecule has 0 aliphatic rings. The van der Waals surface area contributed by atoms with Crippen LogP contribution in [0.4, 0.5) is 5.69 Å². The number of aliphatic carboxylic acids is 1. The summed E-state index contributed by atoms with van der Waals surface area (Å²) < 4.78 is 0. The fourth-order valence-corrected chi connectivity index (χ4v) is 2.16. The smallest absolute Gasteiger partial charge is 0.326 e. The lowest BCUT2D eigenvalue weighted by Gasteiger charge is -2.15. The van der Waals surface area contributed by atoms with Crippen LogP contribution in [0.15, 0.2) is 30.0 Å². The molecule has 1 aromatic carbocycles. The highest BCUT2D eigenvalue weighted by molar-refractivity contribution is 6.35. The first-order valence-corrected chi connectivity index (χ1v) is 7.85. The van der Waals surface area contributed by atoms with Crippen LogP contribution in [0.1, 0.15) is 20.3 Å². The van der Waals surface area contributed by atoms with Gasteiger partial charge in [-0.15, -0.1) is 0 Å².